The van der Waals surface area contributed by atoms with Gasteiger partial charge in [0.2, 0.25) is 0 Å². The average molecular weight is 362 g/mol. The van der Waals surface area contributed by atoms with E-state index in [2.05, 4.69) is 27.3 Å². The summed E-state index contributed by atoms with van der Waals surface area (Å²) in [5, 5.41) is 6.25. The first kappa shape index (κ1) is 18.7. The minimum Gasteiger partial charge on any atom is -0.465 e. The molecule has 1 amide bonds. The summed E-state index contributed by atoms with van der Waals surface area (Å²) >= 11 is 6.10. The average Bonchev–Trinajstić information content (AvgIpc) is 2.62. The summed E-state index contributed by atoms with van der Waals surface area (Å²) < 4.78 is 4.67. The van der Waals surface area contributed by atoms with E-state index in [0.29, 0.717) is 27.7 Å². The number of pyridine rings is 1. The van der Waals surface area contributed by atoms with Crippen molar-refractivity contribution in [3.05, 3.63) is 52.7 Å². The Morgan fingerprint density at radius 3 is 2.68 bits per heavy atom. The lowest BCUT2D eigenvalue weighted by molar-refractivity contribution is 0.0600. The summed E-state index contributed by atoms with van der Waals surface area (Å²) in [5.41, 5.74) is 1.07. The fraction of sp³-hybridized carbons (Fsp3) is 0.278. The molecule has 1 heterocycles. The van der Waals surface area contributed by atoms with Crippen LogP contribution in [0.15, 0.2) is 36.5 Å². The van der Waals surface area contributed by atoms with Crippen LogP contribution in [0.5, 0.6) is 0 Å². The number of hydrogen-bond donors (Lipinski definition) is 2. The maximum atomic E-state index is 12.5. The van der Waals surface area contributed by atoms with Crippen LogP contribution in [0.25, 0.3) is 0 Å². The number of halogens is 1. The highest BCUT2D eigenvalue weighted by molar-refractivity contribution is 6.34. The number of anilines is 2. The topological polar surface area (TPSA) is 80.3 Å². The van der Waals surface area contributed by atoms with Gasteiger partial charge in [-0.3, -0.25) is 4.79 Å². The lowest BCUT2D eigenvalue weighted by Gasteiger charge is -2.13. The molecule has 25 heavy (non-hydrogen) atoms. The molecule has 0 saturated heterocycles. The van der Waals surface area contributed by atoms with E-state index >= 15 is 0 Å². The van der Waals surface area contributed by atoms with Crippen LogP contribution in [0, 0.1) is 0 Å². The summed E-state index contributed by atoms with van der Waals surface area (Å²) in [6, 6.07) is 8.06. The van der Waals surface area contributed by atoms with Crippen molar-refractivity contribution >= 4 is 35.0 Å². The fourth-order valence-electron chi connectivity index (χ4n) is 2.07. The zero-order chi connectivity index (χ0) is 18.4. The third-order valence-corrected chi connectivity index (χ3v) is 3.99. The molecule has 2 N–H and O–H groups in total. The Morgan fingerprint density at radius 2 is 2.00 bits per heavy atom. The van der Waals surface area contributed by atoms with Crippen molar-refractivity contribution in [3.63, 3.8) is 0 Å². The Hall–Kier alpha value is -2.60. The van der Waals surface area contributed by atoms with Crippen LogP contribution in [-0.4, -0.2) is 30.0 Å². The SMILES string of the molecule is CCC(C)Nc1cc(C(=O)Nc2cc(C(=O)OC)ccc2Cl)ccn1. The Labute approximate surface area is 151 Å². The van der Waals surface area contributed by atoms with Crippen molar-refractivity contribution in [2.24, 2.45) is 0 Å². The maximum absolute atomic E-state index is 12.5. The zero-order valence-electron chi connectivity index (χ0n) is 14.3. The van der Waals surface area contributed by atoms with Gasteiger partial charge in [-0.05, 0) is 43.7 Å². The van der Waals surface area contributed by atoms with Gasteiger partial charge in [-0.1, -0.05) is 18.5 Å². The molecule has 0 bridgehead atoms. The number of amides is 1. The first-order valence-electron chi connectivity index (χ1n) is 7.86. The number of methoxy groups -OCH3 is 1. The summed E-state index contributed by atoms with van der Waals surface area (Å²) in [6.07, 6.45) is 2.50. The van der Waals surface area contributed by atoms with Crippen LogP contribution in [0.1, 0.15) is 41.0 Å². The number of carbonyl (C=O) groups is 2. The van der Waals surface area contributed by atoms with Gasteiger partial charge < -0.3 is 15.4 Å². The highest BCUT2D eigenvalue weighted by Gasteiger charge is 2.13. The first-order valence-corrected chi connectivity index (χ1v) is 8.24. The monoisotopic (exact) mass is 361 g/mol. The molecule has 0 radical (unpaired) electrons. The molecular formula is C18H20ClN3O3. The number of aromatic nitrogens is 1. The third-order valence-electron chi connectivity index (χ3n) is 3.66. The van der Waals surface area contributed by atoms with E-state index in [1.165, 1.54) is 25.3 Å². The second kappa shape index (κ2) is 8.48. The standard InChI is InChI=1S/C18H20ClN3O3/c1-4-11(2)21-16-10-12(7-8-20-16)17(23)22-15-9-13(18(24)25-3)5-6-14(15)19/h5-11H,4H2,1-3H3,(H,20,21)(H,22,23). The van der Waals surface area contributed by atoms with E-state index in [1.54, 1.807) is 18.3 Å². The van der Waals surface area contributed by atoms with E-state index in [9.17, 15) is 9.59 Å². The zero-order valence-corrected chi connectivity index (χ0v) is 15.1. The Kier molecular flexibility index (Phi) is 6.36. The van der Waals surface area contributed by atoms with Crippen molar-refractivity contribution in [2.75, 3.05) is 17.7 Å². The van der Waals surface area contributed by atoms with Crippen molar-refractivity contribution in [1.82, 2.24) is 4.98 Å². The summed E-state index contributed by atoms with van der Waals surface area (Å²) in [4.78, 5) is 28.3. The second-order valence-corrected chi connectivity index (χ2v) is 5.93. The van der Waals surface area contributed by atoms with Gasteiger partial charge in [-0.15, -0.1) is 0 Å². The van der Waals surface area contributed by atoms with Gasteiger partial charge in [0.1, 0.15) is 5.82 Å². The fourth-order valence-corrected chi connectivity index (χ4v) is 2.23. The molecule has 0 spiro atoms. The first-order chi connectivity index (χ1) is 11.9. The molecule has 2 rings (SSSR count). The van der Waals surface area contributed by atoms with Gasteiger partial charge in [-0.2, -0.15) is 0 Å². The molecule has 2 aromatic rings. The van der Waals surface area contributed by atoms with Crippen molar-refractivity contribution < 1.29 is 14.3 Å². The second-order valence-electron chi connectivity index (χ2n) is 5.52. The van der Waals surface area contributed by atoms with E-state index in [0.717, 1.165) is 6.42 Å². The number of benzene rings is 1. The number of carbonyl (C=O) groups excluding carboxylic acids is 2. The largest absolute Gasteiger partial charge is 0.465 e. The molecule has 0 saturated carbocycles. The molecule has 1 atom stereocenters. The smallest absolute Gasteiger partial charge is 0.337 e. The van der Waals surface area contributed by atoms with Crippen molar-refractivity contribution in [1.29, 1.82) is 0 Å². The van der Waals surface area contributed by atoms with Crippen LogP contribution in [0.4, 0.5) is 11.5 Å². The molecule has 1 aromatic heterocycles. The lowest BCUT2D eigenvalue weighted by Crippen LogP contribution is -2.17. The van der Waals surface area contributed by atoms with Crippen LogP contribution in [0.2, 0.25) is 5.02 Å². The number of rotatable bonds is 6. The highest BCUT2D eigenvalue weighted by atomic mass is 35.5. The highest BCUT2D eigenvalue weighted by Crippen LogP contribution is 2.24. The minimum atomic E-state index is -0.504. The van der Waals surface area contributed by atoms with E-state index in [1.807, 2.05) is 6.92 Å². The summed E-state index contributed by atoms with van der Waals surface area (Å²) in [5.74, 6) is -0.231. The maximum Gasteiger partial charge on any atom is 0.337 e. The predicted molar refractivity (Wildman–Crippen MR) is 98.4 cm³/mol. The molecule has 132 valence electrons. The van der Waals surface area contributed by atoms with Gasteiger partial charge in [0.05, 0.1) is 23.4 Å². The lowest BCUT2D eigenvalue weighted by atomic mass is 10.2. The molecular weight excluding hydrogens is 342 g/mol. The predicted octanol–water partition coefficient (Wildman–Crippen LogP) is 3.98. The number of esters is 1. The molecule has 6 nitrogen and oxygen atoms in total. The van der Waals surface area contributed by atoms with Gasteiger partial charge in [0.25, 0.3) is 5.91 Å². The molecule has 0 aliphatic carbocycles. The minimum absolute atomic E-state index is 0.247. The Balaban J connectivity index is 2.19. The van der Waals surface area contributed by atoms with Crippen molar-refractivity contribution in [2.45, 2.75) is 26.3 Å². The molecule has 0 aliphatic rings. The molecule has 1 unspecified atom stereocenters. The number of ether oxygens (including phenoxy) is 1. The number of nitrogens with zero attached hydrogens (tertiary/aromatic N) is 1. The third kappa shape index (κ3) is 4.93. The number of nitrogens with one attached hydrogen (secondary N) is 2. The van der Waals surface area contributed by atoms with Crippen molar-refractivity contribution in [3.8, 4) is 0 Å². The van der Waals surface area contributed by atoms with Crippen LogP contribution in [-0.2, 0) is 4.74 Å². The number of hydrogen-bond acceptors (Lipinski definition) is 5. The van der Waals surface area contributed by atoms with E-state index in [4.69, 9.17) is 11.6 Å². The molecule has 7 heteroatoms. The van der Waals surface area contributed by atoms with Gasteiger partial charge in [0, 0.05) is 17.8 Å². The molecule has 0 fully saturated rings. The normalized spacial score (nSPS) is 11.5. The van der Waals surface area contributed by atoms with Crippen LogP contribution in [0.3, 0.4) is 0 Å². The molecule has 1 aromatic carbocycles. The van der Waals surface area contributed by atoms with E-state index < -0.39 is 5.97 Å². The quantitative estimate of drug-likeness (QED) is 0.760. The van der Waals surface area contributed by atoms with Gasteiger partial charge in [0.15, 0.2) is 0 Å². The van der Waals surface area contributed by atoms with Gasteiger partial charge in [-0.25, -0.2) is 9.78 Å². The van der Waals surface area contributed by atoms with E-state index in [-0.39, 0.29) is 11.9 Å². The Bertz CT molecular complexity index is 780. The Morgan fingerprint density at radius 1 is 1.24 bits per heavy atom. The summed E-state index contributed by atoms with van der Waals surface area (Å²) in [6.45, 7) is 4.09. The van der Waals surface area contributed by atoms with Crippen LogP contribution >= 0.6 is 11.6 Å². The molecule has 0 aliphatic heterocycles. The van der Waals surface area contributed by atoms with Crippen LogP contribution < -0.4 is 10.6 Å². The van der Waals surface area contributed by atoms with Gasteiger partial charge >= 0.3 is 5.97 Å². The summed E-state index contributed by atoms with van der Waals surface area (Å²) in [7, 11) is 1.29.